The van der Waals surface area contributed by atoms with Crippen molar-refractivity contribution in [2.24, 2.45) is 35.6 Å². The van der Waals surface area contributed by atoms with Crippen molar-refractivity contribution in [1.29, 1.82) is 0 Å². The van der Waals surface area contributed by atoms with Gasteiger partial charge in [0.25, 0.3) is 5.91 Å². The van der Waals surface area contributed by atoms with Crippen LogP contribution in [0.5, 0.6) is 5.75 Å². The molecule has 5 aliphatic rings. The van der Waals surface area contributed by atoms with E-state index in [1.165, 1.54) is 25.3 Å². The van der Waals surface area contributed by atoms with Crippen molar-refractivity contribution >= 4 is 52.7 Å². The van der Waals surface area contributed by atoms with E-state index in [0.29, 0.717) is 68.9 Å². The van der Waals surface area contributed by atoms with Gasteiger partial charge in [-0.15, -0.1) is 0 Å². The van der Waals surface area contributed by atoms with Gasteiger partial charge < -0.3 is 25.0 Å². The van der Waals surface area contributed by atoms with Gasteiger partial charge in [0.15, 0.2) is 5.82 Å². The number of aliphatic carboxylic acids is 1. The van der Waals surface area contributed by atoms with E-state index >= 15 is 4.39 Å². The Labute approximate surface area is 380 Å². The first-order valence-electron chi connectivity index (χ1n) is 22.7. The molecule has 2 aromatic heterocycles. The van der Waals surface area contributed by atoms with Crippen LogP contribution in [0.25, 0.3) is 23.0 Å². The second-order valence-electron chi connectivity index (χ2n) is 19.9. The van der Waals surface area contributed by atoms with E-state index < -0.39 is 17.2 Å². The third-order valence-corrected chi connectivity index (χ3v) is 16.3. The number of nitrogens with zero attached hydrogens (tertiary/aromatic N) is 4. The highest BCUT2D eigenvalue weighted by atomic mass is 35.5. The Morgan fingerprint density at radius 3 is 2.43 bits per heavy atom. The highest BCUT2D eigenvalue weighted by Crippen LogP contribution is 2.63. The molecule has 4 fully saturated rings. The summed E-state index contributed by atoms with van der Waals surface area (Å²) in [7, 11) is 3.47. The lowest BCUT2D eigenvalue weighted by Crippen LogP contribution is -2.54. The van der Waals surface area contributed by atoms with Gasteiger partial charge >= 0.3 is 5.97 Å². The highest BCUT2D eigenvalue weighted by molar-refractivity contribution is 6.39. The van der Waals surface area contributed by atoms with Crippen molar-refractivity contribution in [3.8, 4) is 16.9 Å². The topological polar surface area (TPSA) is 122 Å². The van der Waals surface area contributed by atoms with Gasteiger partial charge in [-0.05, 0) is 118 Å². The lowest BCUT2D eigenvalue weighted by atomic mass is 9.61. The number of fused-ring (bicyclic) bond motifs is 5. The van der Waals surface area contributed by atoms with Gasteiger partial charge in [-0.1, -0.05) is 67.4 Å². The summed E-state index contributed by atoms with van der Waals surface area (Å²) in [5.74, 6) is 1.46. The molecule has 4 bridgehead atoms. The molecule has 4 aromatic rings. The summed E-state index contributed by atoms with van der Waals surface area (Å²) in [6, 6.07) is 12.3. The number of ether oxygens (including phenoxy) is 1. The van der Waals surface area contributed by atoms with E-state index in [0.717, 1.165) is 93.7 Å². The Hall–Kier alpha value is -4.29. The Morgan fingerprint density at radius 1 is 1.02 bits per heavy atom. The second kappa shape index (κ2) is 17.3. The number of halogens is 3. The lowest BCUT2D eigenvalue weighted by molar-refractivity contribution is -0.148. The maximum atomic E-state index is 16.0. The van der Waals surface area contributed by atoms with E-state index in [-0.39, 0.29) is 22.6 Å². The number of amides is 1. The minimum atomic E-state index is -0.630. The summed E-state index contributed by atoms with van der Waals surface area (Å²) in [4.78, 5) is 37.5. The molecule has 2 unspecified atom stereocenters. The standard InChI is InChI=1S/C50H59Cl2FN6O4/c1-30-19-32-20-31(2)24-50(23-30,25-32)55-27-34-26-54-39(22-42(34)63-4)37(53)21-33-7-5-8-35(43(33)51)36-9-6-10-38(44(36)52)57-46(60)45-56-40-28-59(17-11-41(40)58(45)3)18-16-48-12-14-49(29-48,15-13-48)47(61)62/h5-10,21-22,26,30-32,55H,11-20,23-25,27-29H2,1-4H3,(H,57,60)(H,61,62)/b37-21-. The number of carbonyl (C=O) groups is 2. The van der Waals surface area contributed by atoms with Crippen LogP contribution in [0.15, 0.2) is 48.7 Å². The van der Waals surface area contributed by atoms with Crippen molar-refractivity contribution < 1.29 is 23.8 Å². The summed E-state index contributed by atoms with van der Waals surface area (Å²) < 4.78 is 23.7. The molecule has 0 radical (unpaired) electrons. The highest BCUT2D eigenvalue weighted by Gasteiger charge is 2.57. The third kappa shape index (κ3) is 8.55. The van der Waals surface area contributed by atoms with Crippen LogP contribution in [0.2, 0.25) is 10.0 Å². The number of nitrogens with one attached hydrogen (secondary N) is 2. The van der Waals surface area contributed by atoms with Crippen molar-refractivity contribution in [3.05, 3.63) is 92.7 Å². The van der Waals surface area contributed by atoms with Gasteiger partial charge in [0, 0.05) is 73.3 Å². The molecule has 13 heteroatoms. The number of imidazole rings is 1. The van der Waals surface area contributed by atoms with Crippen molar-refractivity contribution in [2.45, 2.75) is 110 Å². The van der Waals surface area contributed by atoms with Crippen LogP contribution in [-0.4, -0.2) is 62.2 Å². The molecule has 1 amide bonds. The summed E-state index contributed by atoms with van der Waals surface area (Å²) >= 11 is 14.0. The SMILES string of the molecule is COc1cc(/C(F)=C/c2cccc(-c3cccc(NC(=O)c4nc5c(n4C)CCN(CCC46CCC(C(=O)O)(CC4)C6)C5)c3Cl)c2Cl)ncc1CNC12CC(C)CC(CC(C)C1)C2. The van der Waals surface area contributed by atoms with Gasteiger partial charge in [-0.25, -0.2) is 9.37 Å². The molecule has 63 heavy (non-hydrogen) atoms. The molecule has 334 valence electrons. The zero-order valence-corrected chi connectivity index (χ0v) is 38.3. The smallest absolute Gasteiger partial charge is 0.309 e. The fourth-order valence-electron chi connectivity index (χ4n) is 12.5. The molecule has 1 aliphatic heterocycles. The molecule has 0 saturated heterocycles. The fraction of sp³-hybridized carbons (Fsp3) is 0.520. The van der Waals surface area contributed by atoms with Crippen LogP contribution in [0.1, 0.15) is 123 Å². The summed E-state index contributed by atoms with van der Waals surface area (Å²) in [6.45, 7) is 7.72. The first-order valence-corrected chi connectivity index (χ1v) is 23.5. The molecule has 9 rings (SSSR count). The minimum absolute atomic E-state index is 0.111. The number of methoxy groups -OCH3 is 1. The molecular formula is C50H59Cl2FN6O4. The number of hydrogen-bond donors (Lipinski definition) is 3. The number of rotatable bonds is 13. The number of anilines is 1. The minimum Gasteiger partial charge on any atom is -0.496 e. The van der Waals surface area contributed by atoms with Crippen LogP contribution < -0.4 is 15.4 Å². The van der Waals surface area contributed by atoms with Crippen molar-refractivity contribution in [3.63, 3.8) is 0 Å². The number of benzene rings is 2. The second-order valence-corrected chi connectivity index (χ2v) is 20.7. The number of carbonyl (C=O) groups excluding carboxylic acids is 1. The van der Waals surface area contributed by atoms with E-state index in [9.17, 15) is 14.7 Å². The first kappa shape index (κ1) is 43.9. The molecule has 3 N–H and O–H groups in total. The van der Waals surface area contributed by atoms with E-state index in [2.05, 4.69) is 34.4 Å². The quantitative estimate of drug-likeness (QED) is 0.121. The monoisotopic (exact) mass is 896 g/mol. The maximum absolute atomic E-state index is 16.0. The third-order valence-electron chi connectivity index (χ3n) is 15.5. The Morgan fingerprint density at radius 2 is 1.73 bits per heavy atom. The Bertz CT molecular complexity index is 2440. The average molecular weight is 898 g/mol. The first-order chi connectivity index (χ1) is 30.2. The largest absolute Gasteiger partial charge is 0.496 e. The zero-order chi connectivity index (χ0) is 44.3. The van der Waals surface area contributed by atoms with E-state index in [4.69, 9.17) is 32.9 Å². The number of aromatic nitrogens is 3. The zero-order valence-electron chi connectivity index (χ0n) is 36.8. The summed E-state index contributed by atoms with van der Waals surface area (Å²) in [5, 5.41) is 17.3. The molecule has 2 atom stereocenters. The fourth-order valence-corrected chi connectivity index (χ4v) is 13.1. The predicted octanol–water partition coefficient (Wildman–Crippen LogP) is 11.0. The molecule has 4 aliphatic carbocycles. The number of hydrogen-bond acceptors (Lipinski definition) is 7. The molecule has 0 spiro atoms. The average Bonchev–Trinajstić information content (AvgIpc) is 3.94. The van der Waals surface area contributed by atoms with E-state index in [1.807, 2.05) is 23.7 Å². The number of carboxylic acid groups (broad SMARTS) is 1. The van der Waals surface area contributed by atoms with Gasteiger partial charge in [0.2, 0.25) is 0 Å². The number of carboxylic acids is 1. The van der Waals surface area contributed by atoms with Crippen LogP contribution in [0.4, 0.5) is 10.1 Å². The van der Waals surface area contributed by atoms with Gasteiger partial charge in [-0.2, -0.15) is 0 Å². The molecule has 2 aromatic carbocycles. The molecular weight excluding hydrogens is 838 g/mol. The van der Waals surface area contributed by atoms with Crippen LogP contribution in [0.3, 0.4) is 0 Å². The summed E-state index contributed by atoms with van der Waals surface area (Å²) in [5.41, 5.74) is 4.68. The van der Waals surface area contributed by atoms with Crippen LogP contribution >= 0.6 is 23.2 Å². The van der Waals surface area contributed by atoms with Gasteiger partial charge in [-0.3, -0.25) is 19.5 Å². The summed E-state index contributed by atoms with van der Waals surface area (Å²) in [6.07, 6.45) is 15.3. The molecule has 3 heterocycles. The van der Waals surface area contributed by atoms with Gasteiger partial charge in [0.1, 0.15) is 17.3 Å². The normalized spacial score (nSPS) is 27.9. The number of pyridine rings is 1. The Balaban J connectivity index is 0.866. The molecule has 10 nitrogen and oxygen atoms in total. The predicted molar refractivity (Wildman–Crippen MR) is 246 cm³/mol. The van der Waals surface area contributed by atoms with Crippen LogP contribution in [0, 0.1) is 28.6 Å². The maximum Gasteiger partial charge on any atom is 0.309 e. The van der Waals surface area contributed by atoms with E-state index in [1.54, 1.807) is 43.6 Å². The Kier molecular flexibility index (Phi) is 12.0. The lowest BCUT2D eigenvalue weighted by Gasteiger charge is -2.50. The van der Waals surface area contributed by atoms with Gasteiger partial charge in [0.05, 0.1) is 34.0 Å². The van der Waals surface area contributed by atoms with Crippen molar-refractivity contribution in [2.75, 3.05) is 25.5 Å². The van der Waals surface area contributed by atoms with Crippen molar-refractivity contribution in [1.82, 2.24) is 24.8 Å². The molecule has 4 saturated carbocycles. The van der Waals surface area contributed by atoms with Crippen LogP contribution in [-0.2, 0) is 31.4 Å².